The summed E-state index contributed by atoms with van der Waals surface area (Å²) >= 11 is 0. The van der Waals surface area contributed by atoms with Gasteiger partial charge < -0.3 is 21.3 Å². The van der Waals surface area contributed by atoms with Crippen LogP contribution in [0, 0.1) is 0 Å². The predicted octanol–water partition coefficient (Wildman–Crippen LogP) is 0.151. The fraction of sp³-hybridized carbons (Fsp3) is 0.417. The van der Waals surface area contributed by atoms with Crippen molar-refractivity contribution >= 4 is 5.91 Å². The number of carbonyl (C=O) groups is 1. The van der Waals surface area contributed by atoms with Crippen LogP contribution in [0.1, 0.15) is 18.9 Å². The maximum absolute atomic E-state index is 11.0. The maximum Gasteiger partial charge on any atom is 0.237 e. The summed E-state index contributed by atoms with van der Waals surface area (Å²) in [6.45, 7) is 1.83. The Morgan fingerprint density at radius 2 is 2.24 bits per heavy atom. The van der Waals surface area contributed by atoms with Gasteiger partial charge in [0.15, 0.2) is 0 Å². The molecule has 1 aromatic rings. The minimum atomic E-state index is -1.06. The lowest BCUT2D eigenvalue weighted by Gasteiger charge is -2.20. The quantitative estimate of drug-likeness (QED) is 0.657. The highest BCUT2D eigenvalue weighted by Gasteiger charge is 2.25. The molecule has 0 heterocycles. The number of ether oxygens (including phenoxy) is 1. The van der Waals surface area contributed by atoms with Crippen molar-refractivity contribution in [1.29, 1.82) is 0 Å². The highest BCUT2D eigenvalue weighted by molar-refractivity contribution is 5.83. The van der Waals surface area contributed by atoms with Gasteiger partial charge in [-0.15, -0.1) is 0 Å². The summed E-state index contributed by atoms with van der Waals surface area (Å²) in [6, 6.07) is 7.09. The van der Waals surface area contributed by atoms with E-state index in [-0.39, 0.29) is 6.61 Å². The fourth-order valence-corrected chi connectivity index (χ4v) is 1.24. The van der Waals surface area contributed by atoms with Crippen molar-refractivity contribution < 1.29 is 14.6 Å². The van der Waals surface area contributed by atoms with Crippen LogP contribution in [0.5, 0.6) is 5.75 Å². The number of rotatable bonds is 6. The summed E-state index contributed by atoms with van der Waals surface area (Å²) in [5, 5.41) is 8.95. The molecule has 0 aliphatic rings. The Kier molecular flexibility index (Phi) is 4.48. The lowest BCUT2D eigenvalue weighted by molar-refractivity contribution is -0.123. The molecule has 0 aliphatic carbocycles. The van der Waals surface area contributed by atoms with Gasteiger partial charge in [0.2, 0.25) is 5.91 Å². The van der Waals surface area contributed by atoms with Gasteiger partial charge in [-0.2, -0.15) is 0 Å². The molecule has 5 nitrogen and oxygen atoms in total. The van der Waals surface area contributed by atoms with E-state index in [1.807, 2.05) is 0 Å². The van der Waals surface area contributed by atoms with Crippen molar-refractivity contribution in [1.82, 2.24) is 0 Å². The molecular formula is C12H18N2O3. The number of aliphatic hydroxyl groups is 1. The van der Waals surface area contributed by atoms with Crippen LogP contribution in [0.25, 0.3) is 0 Å². The first-order valence-corrected chi connectivity index (χ1v) is 5.37. The summed E-state index contributed by atoms with van der Waals surface area (Å²) in [5.74, 6) is 0.0852. The zero-order valence-electron chi connectivity index (χ0n) is 9.85. The molecule has 0 bridgehead atoms. The molecule has 0 aromatic heterocycles. The molecule has 17 heavy (non-hydrogen) atoms. The molecule has 5 N–H and O–H groups in total. The second-order valence-electron chi connectivity index (χ2n) is 4.19. The van der Waals surface area contributed by atoms with Crippen molar-refractivity contribution in [3.63, 3.8) is 0 Å². The van der Waals surface area contributed by atoms with Gasteiger partial charge in [0.25, 0.3) is 0 Å². The minimum absolute atomic E-state index is 0.0346. The third-order valence-corrected chi connectivity index (χ3v) is 2.53. The Bertz CT molecular complexity index is 391. The van der Waals surface area contributed by atoms with Gasteiger partial charge in [-0.05, 0) is 24.6 Å². The first-order valence-electron chi connectivity index (χ1n) is 5.37. The molecule has 1 atom stereocenters. The molecule has 0 spiro atoms. The number of benzene rings is 1. The third-order valence-electron chi connectivity index (χ3n) is 2.53. The number of aliphatic hydroxyl groups excluding tert-OH is 1. The number of hydrogen-bond acceptors (Lipinski definition) is 4. The van der Waals surface area contributed by atoms with Crippen LogP contribution in [0.2, 0.25) is 0 Å². The standard InChI is InChI=1S/C12H18N2O3/c1-12(14,11(13)16)5-6-17-10-4-2-3-9(7-10)8-15/h2-4,7,15H,5-6,8,14H2,1H3,(H2,13,16). The van der Waals surface area contributed by atoms with E-state index in [1.54, 1.807) is 31.2 Å². The van der Waals surface area contributed by atoms with E-state index in [0.29, 0.717) is 18.8 Å². The zero-order valence-corrected chi connectivity index (χ0v) is 9.85. The average Bonchev–Trinajstić information content (AvgIpc) is 2.29. The van der Waals surface area contributed by atoms with Gasteiger partial charge in [-0.1, -0.05) is 12.1 Å². The van der Waals surface area contributed by atoms with E-state index < -0.39 is 11.4 Å². The van der Waals surface area contributed by atoms with Crippen LogP contribution < -0.4 is 16.2 Å². The molecule has 1 amide bonds. The van der Waals surface area contributed by atoms with Gasteiger partial charge in [-0.25, -0.2) is 0 Å². The van der Waals surface area contributed by atoms with Crippen LogP contribution in [0.15, 0.2) is 24.3 Å². The minimum Gasteiger partial charge on any atom is -0.493 e. The largest absolute Gasteiger partial charge is 0.493 e. The summed E-state index contributed by atoms with van der Waals surface area (Å²) in [4.78, 5) is 11.0. The summed E-state index contributed by atoms with van der Waals surface area (Å²) in [7, 11) is 0. The maximum atomic E-state index is 11.0. The molecule has 1 aromatic carbocycles. The molecule has 0 aliphatic heterocycles. The Hall–Kier alpha value is -1.59. The smallest absolute Gasteiger partial charge is 0.237 e. The van der Waals surface area contributed by atoms with Gasteiger partial charge in [0.05, 0.1) is 18.8 Å². The second kappa shape index (κ2) is 5.65. The molecule has 0 radical (unpaired) electrons. The van der Waals surface area contributed by atoms with E-state index >= 15 is 0 Å². The molecule has 1 unspecified atom stereocenters. The number of primary amides is 1. The molecule has 1 rings (SSSR count). The van der Waals surface area contributed by atoms with Crippen molar-refractivity contribution in [3.8, 4) is 5.75 Å². The van der Waals surface area contributed by atoms with E-state index in [2.05, 4.69) is 0 Å². The van der Waals surface area contributed by atoms with Crippen LogP contribution in [-0.4, -0.2) is 23.2 Å². The van der Waals surface area contributed by atoms with E-state index in [0.717, 1.165) is 5.56 Å². The highest BCUT2D eigenvalue weighted by Crippen LogP contribution is 2.14. The summed E-state index contributed by atoms with van der Waals surface area (Å²) < 4.78 is 5.44. The van der Waals surface area contributed by atoms with E-state index in [9.17, 15) is 4.79 Å². The van der Waals surface area contributed by atoms with Gasteiger partial charge in [-0.3, -0.25) is 4.79 Å². The first kappa shape index (κ1) is 13.5. The Morgan fingerprint density at radius 3 is 2.82 bits per heavy atom. The van der Waals surface area contributed by atoms with Gasteiger partial charge in [0.1, 0.15) is 5.75 Å². The molecular weight excluding hydrogens is 220 g/mol. The van der Waals surface area contributed by atoms with Crippen LogP contribution in [0.3, 0.4) is 0 Å². The average molecular weight is 238 g/mol. The van der Waals surface area contributed by atoms with Gasteiger partial charge >= 0.3 is 0 Å². The van der Waals surface area contributed by atoms with Crippen LogP contribution in [0.4, 0.5) is 0 Å². The predicted molar refractivity (Wildman–Crippen MR) is 64.3 cm³/mol. The summed E-state index contributed by atoms with van der Waals surface area (Å²) in [5.41, 5.74) is 10.5. The Balaban J connectivity index is 2.48. The van der Waals surface area contributed by atoms with Crippen LogP contribution >= 0.6 is 0 Å². The molecule has 0 fully saturated rings. The fourth-order valence-electron chi connectivity index (χ4n) is 1.24. The summed E-state index contributed by atoms with van der Waals surface area (Å²) in [6.07, 6.45) is 0.339. The monoisotopic (exact) mass is 238 g/mol. The van der Waals surface area contributed by atoms with Crippen molar-refractivity contribution in [2.24, 2.45) is 11.5 Å². The van der Waals surface area contributed by atoms with Gasteiger partial charge in [0, 0.05) is 6.42 Å². The number of carbonyl (C=O) groups excluding carboxylic acids is 1. The van der Waals surface area contributed by atoms with Crippen molar-refractivity contribution in [2.75, 3.05) is 6.61 Å². The first-order chi connectivity index (χ1) is 7.95. The van der Waals surface area contributed by atoms with E-state index in [4.69, 9.17) is 21.3 Å². The molecule has 0 saturated carbocycles. The second-order valence-corrected chi connectivity index (χ2v) is 4.19. The third kappa shape index (κ3) is 4.05. The highest BCUT2D eigenvalue weighted by atomic mass is 16.5. The molecule has 5 heteroatoms. The van der Waals surface area contributed by atoms with Crippen molar-refractivity contribution in [2.45, 2.75) is 25.5 Å². The lowest BCUT2D eigenvalue weighted by atomic mass is 9.99. The number of amides is 1. The SMILES string of the molecule is CC(N)(CCOc1cccc(CO)c1)C(N)=O. The topological polar surface area (TPSA) is 98.6 Å². The van der Waals surface area contributed by atoms with Crippen LogP contribution in [-0.2, 0) is 11.4 Å². The Morgan fingerprint density at radius 1 is 1.53 bits per heavy atom. The molecule has 0 saturated heterocycles. The van der Waals surface area contributed by atoms with Crippen molar-refractivity contribution in [3.05, 3.63) is 29.8 Å². The zero-order chi connectivity index (χ0) is 12.9. The normalized spacial score (nSPS) is 14.1. The number of hydrogen-bond donors (Lipinski definition) is 3. The number of nitrogens with two attached hydrogens (primary N) is 2. The Labute approximate surface area is 100 Å². The lowest BCUT2D eigenvalue weighted by Crippen LogP contribution is -2.50. The molecule has 94 valence electrons. The van der Waals surface area contributed by atoms with E-state index in [1.165, 1.54) is 0 Å².